The molecule has 2 aromatic rings. The monoisotopic (exact) mass is 389 g/mol. The second-order valence-electron chi connectivity index (χ2n) is 6.53. The van der Waals surface area contributed by atoms with Crippen molar-refractivity contribution in [1.29, 1.82) is 0 Å². The largest absolute Gasteiger partial charge is 0.269 e. The van der Waals surface area contributed by atoms with Crippen molar-refractivity contribution in [3.8, 4) is 0 Å². The molecule has 0 unspecified atom stereocenters. The Morgan fingerprint density at radius 1 is 0.926 bits per heavy atom. The number of hydrogen-bond acceptors (Lipinski definition) is 4. The van der Waals surface area contributed by atoms with E-state index in [1.54, 1.807) is 32.9 Å². The van der Waals surface area contributed by atoms with E-state index in [0.717, 1.165) is 11.1 Å². The summed E-state index contributed by atoms with van der Waals surface area (Å²) in [5.74, 6) is -1.07. The standard InChI is InChI=1S/C19H23N3O4S/c1-12(2)22-27(25,26)16-7-5-6-15(11-16)18(23)20-21-19(24)17-9-8-13(3)10-14(17)4/h5-12,22H,1-4H3,(H,20,23)(H,21,24). The van der Waals surface area contributed by atoms with Crippen LogP contribution in [0, 0.1) is 13.8 Å². The zero-order valence-electron chi connectivity index (χ0n) is 15.7. The van der Waals surface area contributed by atoms with Gasteiger partial charge in [-0.05, 0) is 57.5 Å². The predicted octanol–water partition coefficient (Wildman–Crippen LogP) is 2.06. The highest BCUT2D eigenvalue weighted by Gasteiger charge is 2.18. The number of amides is 2. The number of rotatable bonds is 5. The van der Waals surface area contributed by atoms with Gasteiger partial charge in [0, 0.05) is 17.2 Å². The van der Waals surface area contributed by atoms with Crippen molar-refractivity contribution >= 4 is 21.8 Å². The Labute approximate surface area is 159 Å². The van der Waals surface area contributed by atoms with E-state index in [-0.39, 0.29) is 16.5 Å². The topological polar surface area (TPSA) is 104 Å². The van der Waals surface area contributed by atoms with E-state index in [4.69, 9.17) is 0 Å². The van der Waals surface area contributed by atoms with Gasteiger partial charge in [-0.3, -0.25) is 20.4 Å². The molecule has 2 rings (SSSR count). The quantitative estimate of drug-likeness (QED) is 0.681. The Morgan fingerprint density at radius 3 is 2.22 bits per heavy atom. The summed E-state index contributed by atoms with van der Waals surface area (Å²) in [4.78, 5) is 24.5. The molecule has 0 bridgehead atoms. The molecule has 2 aromatic carbocycles. The van der Waals surface area contributed by atoms with Crippen LogP contribution in [0.25, 0.3) is 0 Å². The molecule has 0 fully saturated rings. The van der Waals surface area contributed by atoms with Gasteiger partial charge in [-0.15, -0.1) is 0 Å². The average Bonchev–Trinajstić information content (AvgIpc) is 2.58. The Hall–Kier alpha value is -2.71. The van der Waals surface area contributed by atoms with Crippen molar-refractivity contribution in [2.24, 2.45) is 0 Å². The van der Waals surface area contributed by atoms with Crippen LogP contribution in [-0.4, -0.2) is 26.3 Å². The van der Waals surface area contributed by atoms with Gasteiger partial charge in [-0.25, -0.2) is 13.1 Å². The van der Waals surface area contributed by atoms with Crippen LogP contribution in [0.5, 0.6) is 0 Å². The molecular formula is C19H23N3O4S. The fraction of sp³-hybridized carbons (Fsp3) is 0.263. The van der Waals surface area contributed by atoms with E-state index in [1.165, 1.54) is 24.3 Å². The lowest BCUT2D eigenvalue weighted by molar-refractivity contribution is 0.0846. The van der Waals surface area contributed by atoms with Crippen molar-refractivity contribution in [2.75, 3.05) is 0 Å². The lowest BCUT2D eigenvalue weighted by Crippen LogP contribution is -2.42. The molecule has 0 saturated heterocycles. The third kappa shape index (κ3) is 5.38. The minimum atomic E-state index is -3.72. The van der Waals surface area contributed by atoms with Crippen LogP contribution in [0.2, 0.25) is 0 Å². The molecule has 0 heterocycles. The van der Waals surface area contributed by atoms with E-state index in [0.29, 0.717) is 5.56 Å². The maximum absolute atomic E-state index is 12.3. The number of hydrazine groups is 1. The van der Waals surface area contributed by atoms with Crippen molar-refractivity contribution in [2.45, 2.75) is 38.6 Å². The van der Waals surface area contributed by atoms with Gasteiger partial charge in [0.25, 0.3) is 11.8 Å². The van der Waals surface area contributed by atoms with Gasteiger partial charge in [0.1, 0.15) is 0 Å². The summed E-state index contributed by atoms with van der Waals surface area (Å²) in [5, 5.41) is 0. The number of aryl methyl sites for hydroxylation is 2. The number of carbonyl (C=O) groups is 2. The van der Waals surface area contributed by atoms with Crippen LogP contribution in [0.1, 0.15) is 45.7 Å². The first-order valence-corrected chi connectivity index (χ1v) is 9.89. The summed E-state index contributed by atoms with van der Waals surface area (Å²) >= 11 is 0. The summed E-state index contributed by atoms with van der Waals surface area (Å²) in [5.41, 5.74) is 7.02. The number of carbonyl (C=O) groups excluding carboxylic acids is 2. The highest BCUT2D eigenvalue weighted by atomic mass is 32.2. The minimum Gasteiger partial charge on any atom is -0.267 e. The van der Waals surface area contributed by atoms with Crippen LogP contribution in [0.4, 0.5) is 0 Å². The molecule has 3 N–H and O–H groups in total. The van der Waals surface area contributed by atoms with Crippen LogP contribution in [0.15, 0.2) is 47.4 Å². The molecule has 2 amide bonds. The van der Waals surface area contributed by atoms with Gasteiger partial charge in [-0.1, -0.05) is 23.8 Å². The molecule has 0 aliphatic carbocycles. The molecule has 0 aliphatic rings. The molecule has 0 spiro atoms. The molecular weight excluding hydrogens is 366 g/mol. The van der Waals surface area contributed by atoms with Crippen LogP contribution in [0.3, 0.4) is 0 Å². The van der Waals surface area contributed by atoms with E-state index < -0.39 is 21.8 Å². The fourth-order valence-electron chi connectivity index (χ4n) is 2.50. The van der Waals surface area contributed by atoms with Gasteiger partial charge in [0.15, 0.2) is 0 Å². The number of nitrogens with one attached hydrogen (secondary N) is 3. The van der Waals surface area contributed by atoms with E-state index in [1.807, 2.05) is 13.0 Å². The highest BCUT2D eigenvalue weighted by Crippen LogP contribution is 2.13. The Bertz CT molecular complexity index is 969. The van der Waals surface area contributed by atoms with E-state index >= 15 is 0 Å². The van der Waals surface area contributed by atoms with Crippen molar-refractivity contribution in [3.63, 3.8) is 0 Å². The third-order valence-corrected chi connectivity index (χ3v) is 5.37. The SMILES string of the molecule is Cc1ccc(C(=O)NNC(=O)c2cccc(S(=O)(=O)NC(C)C)c2)c(C)c1. The minimum absolute atomic E-state index is 0.0236. The Morgan fingerprint density at radius 2 is 1.59 bits per heavy atom. The first-order valence-electron chi connectivity index (χ1n) is 8.40. The van der Waals surface area contributed by atoms with Gasteiger partial charge in [-0.2, -0.15) is 0 Å². The summed E-state index contributed by atoms with van der Waals surface area (Å²) in [6, 6.07) is 10.7. The van der Waals surface area contributed by atoms with Crippen LogP contribution < -0.4 is 15.6 Å². The summed E-state index contributed by atoms with van der Waals surface area (Å²) in [6.45, 7) is 7.14. The normalized spacial score (nSPS) is 11.3. The van der Waals surface area contributed by atoms with Gasteiger partial charge in [0.05, 0.1) is 4.90 Å². The maximum Gasteiger partial charge on any atom is 0.269 e. The second kappa shape index (κ2) is 8.32. The van der Waals surface area contributed by atoms with Crippen molar-refractivity contribution < 1.29 is 18.0 Å². The zero-order chi connectivity index (χ0) is 20.2. The Balaban J connectivity index is 2.10. The van der Waals surface area contributed by atoms with Gasteiger partial charge >= 0.3 is 0 Å². The predicted molar refractivity (Wildman–Crippen MR) is 103 cm³/mol. The second-order valence-corrected chi connectivity index (χ2v) is 8.24. The summed E-state index contributed by atoms with van der Waals surface area (Å²) in [7, 11) is -3.72. The molecule has 144 valence electrons. The molecule has 0 aromatic heterocycles. The molecule has 8 heteroatoms. The number of sulfonamides is 1. The molecule has 0 atom stereocenters. The maximum atomic E-state index is 12.3. The third-order valence-electron chi connectivity index (χ3n) is 3.71. The summed E-state index contributed by atoms with van der Waals surface area (Å²) in [6.07, 6.45) is 0. The molecule has 0 aliphatic heterocycles. The smallest absolute Gasteiger partial charge is 0.267 e. The number of hydrogen-bond donors (Lipinski definition) is 3. The first kappa shape index (κ1) is 20.6. The van der Waals surface area contributed by atoms with Gasteiger partial charge in [0.2, 0.25) is 10.0 Å². The molecule has 27 heavy (non-hydrogen) atoms. The number of benzene rings is 2. The highest BCUT2D eigenvalue weighted by molar-refractivity contribution is 7.89. The Kier molecular flexibility index (Phi) is 6.35. The van der Waals surface area contributed by atoms with Gasteiger partial charge < -0.3 is 0 Å². The van der Waals surface area contributed by atoms with E-state index in [9.17, 15) is 18.0 Å². The van der Waals surface area contributed by atoms with Crippen LogP contribution in [-0.2, 0) is 10.0 Å². The lowest BCUT2D eigenvalue weighted by atomic mass is 10.1. The molecule has 0 radical (unpaired) electrons. The van der Waals surface area contributed by atoms with Crippen molar-refractivity contribution in [1.82, 2.24) is 15.6 Å². The fourth-order valence-corrected chi connectivity index (χ4v) is 3.80. The van der Waals surface area contributed by atoms with Crippen LogP contribution >= 0.6 is 0 Å². The van der Waals surface area contributed by atoms with E-state index in [2.05, 4.69) is 15.6 Å². The average molecular weight is 389 g/mol. The zero-order valence-corrected chi connectivity index (χ0v) is 16.5. The lowest BCUT2D eigenvalue weighted by Gasteiger charge is -2.12. The first-order chi connectivity index (χ1) is 12.6. The van der Waals surface area contributed by atoms with Crippen molar-refractivity contribution in [3.05, 3.63) is 64.7 Å². The summed E-state index contributed by atoms with van der Waals surface area (Å²) < 4.78 is 26.9. The molecule has 7 nitrogen and oxygen atoms in total. The molecule has 0 saturated carbocycles.